The molecule has 0 aliphatic carbocycles. The highest BCUT2D eigenvalue weighted by molar-refractivity contribution is 7.22. The summed E-state index contributed by atoms with van der Waals surface area (Å²) >= 11 is 1.33. The van der Waals surface area contributed by atoms with Crippen LogP contribution in [0.25, 0.3) is 21.0 Å². The van der Waals surface area contributed by atoms with Crippen molar-refractivity contribution >= 4 is 29.9 Å². The van der Waals surface area contributed by atoms with Crippen molar-refractivity contribution in [3.05, 3.63) is 68.7 Å². The molecule has 0 spiro atoms. The van der Waals surface area contributed by atoms with Crippen molar-refractivity contribution in [1.29, 1.82) is 0 Å². The van der Waals surface area contributed by atoms with Gasteiger partial charge >= 0.3 is 5.69 Å². The number of hydrogen-bond donors (Lipinski definition) is 0. The Bertz CT molecular complexity index is 1780. The summed E-state index contributed by atoms with van der Waals surface area (Å²) in [4.78, 5) is 34.8. The van der Waals surface area contributed by atoms with Gasteiger partial charge in [0.1, 0.15) is 22.9 Å². The van der Waals surface area contributed by atoms with E-state index in [0.29, 0.717) is 39.9 Å². The van der Waals surface area contributed by atoms with Crippen LogP contribution >= 0.6 is 11.3 Å². The number of ether oxygens (including phenoxy) is 3. The van der Waals surface area contributed by atoms with Gasteiger partial charge in [-0.15, -0.1) is 11.3 Å². The van der Waals surface area contributed by atoms with E-state index in [1.165, 1.54) is 22.2 Å². The van der Waals surface area contributed by atoms with E-state index in [4.69, 9.17) is 23.1 Å². The summed E-state index contributed by atoms with van der Waals surface area (Å²) in [5.74, 6) is 1.08. The van der Waals surface area contributed by atoms with Crippen molar-refractivity contribution in [2.24, 2.45) is 0 Å². The molecule has 1 atom stereocenters. The maximum Gasteiger partial charge on any atom is 0.332 e. The molecule has 46 heavy (non-hydrogen) atoms. The molecule has 4 aromatic rings. The molecule has 0 saturated carbocycles. The summed E-state index contributed by atoms with van der Waals surface area (Å²) in [5, 5.41) is 0.430. The summed E-state index contributed by atoms with van der Waals surface area (Å²) in [6.07, 6.45) is 3.99. The van der Waals surface area contributed by atoms with Crippen LogP contribution in [0.4, 0.5) is 0 Å². The average Bonchev–Trinajstić information content (AvgIpc) is 3.66. The Kier molecular flexibility index (Phi) is 9.87. The Morgan fingerprint density at radius 1 is 1.11 bits per heavy atom. The largest absolute Gasteiger partial charge is 0.496 e. The zero-order valence-electron chi connectivity index (χ0n) is 28.5. The SMILES string of the molecule is COc1ccccc1[C@H](Cn1c(=O)n(C(C)(C)CO[Si](C)(C)C(C)(C)C)c(=O)c2c(C)c(-c3ncco3)sc21)OC1CCOCC1. The monoisotopic (exact) mass is 669 g/mol. The van der Waals surface area contributed by atoms with Crippen molar-refractivity contribution < 1.29 is 23.1 Å². The molecule has 0 bridgehead atoms. The molecule has 1 fully saturated rings. The number of hydrogen-bond acceptors (Lipinski definition) is 9. The van der Waals surface area contributed by atoms with Gasteiger partial charge in [0.25, 0.3) is 5.56 Å². The first-order valence-electron chi connectivity index (χ1n) is 15.9. The second-order valence-corrected chi connectivity index (χ2v) is 20.0. The Morgan fingerprint density at radius 2 is 1.80 bits per heavy atom. The van der Waals surface area contributed by atoms with E-state index in [9.17, 15) is 9.59 Å². The maximum absolute atomic E-state index is 14.7. The predicted octanol–water partition coefficient (Wildman–Crippen LogP) is 6.89. The van der Waals surface area contributed by atoms with Gasteiger partial charge < -0.3 is 23.1 Å². The summed E-state index contributed by atoms with van der Waals surface area (Å²) in [7, 11) is -0.556. The van der Waals surface area contributed by atoms with Gasteiger partial charge in [-0.25, -0.2) is 9.78 Å². The second-order valence-electron chi connectivity index (χ2n) is 14.1. The highest BCUT2D eigenvalue weighted by atomic mass is 32.1. The number of benzene rings is 1. The van der Waals surface area contributed by atoms with Crippen molar-refractivity contribution in [3.63, 3.8) is 0 Å². The molecule has 1 saturated heterocycles. The van der Waals surface area contributed by atoms with Crippen molar-refractivity contribution in [2.75, 3.05) is 26.9 Å². The lowest BCUT2D eigenvalue weighted by Gasteiger charge is -2.39. The van der Waals surface area contributed by atoms with Gasteiger partial charge in [0.15, 0.2) is 8.32 Å². The summed E-state index contributed by atoms with van der Waals surface area (Å²) in [6, 6.07) is 7.71. The van der Waals surface area contributed by atoms with E-state index >= 15 is 0 Å². The van der Waals surface area contributed by atoms with Crippen molar-refractivity contribution in [3.8, 4) is 16.5 Å². The van der Waals surface area contributed by atoms with Crippen molar-refractivity contribution in [1.82, 2.24) is 14.1 Å². The summed E-state index contributed by atoms with van der Waals surface area (Å²) in [6.45, 7) is 18.1. The first kappa shape index (κ1) is 34.3. The topological polar surface area (TPSA) is 107 Å². The fourth-order valence-corrected chi connectivity index (χ4v) is 7.97. The van der Waals surface area contributed by atoms with Crippen LogP contribution in [0, 0.1) is 6.92 Å². The third-order valence-corrected chi connectivity index (χ3v) is 15.2. The number of methoxy groups -OCH3 is 1. The van der Waals surface area contributed by atoms with Crippen LogP contribution in [-0.4, -0.2) is 55.5 Å². The van der Waals surface area contributed by atoms with Gasteiger partial charge in [0.05, 0.1) is 48.4 Å². The normalized spacial score (nSPS) is 15.8. The lowest BCUT2D eigenvalue weighted by molar-refractivity contribution is -0.0754. The Balaban J connectivity index is 1.70. The number of thiophene rings is 1. The lowest BCUT2D eigenvalue weighted by Crippen LogP contribution is -2.53. The first-order valence-corrected chi connectivity index (χ1v) is 19.6. The zero-order valence-corrected chi connectivity index (χ0v) is 30.3. The number of nitrogens with zero attached hydrogens (tertiary/aromatic N) is 3. The molecule has 0 N–H and O–H groups in total. The van der Waals surface area contributed by atoms with Crippen LogP contribution in [0.5, 0.6) is 5.75 Å². The van der Waals surface area contributed by atoms with E-state index in [1.807, 2.05) is 45.0 Å². The number of fused-ring (bicyclic) bond motifs is 1. The molecule has 4 heterocycles. The predicted molar refractivity (Wildman–Crippen MR) is 184 cm³/mol. The fraction of sp³-hybridized carbons (Fsp3) is 0.559. The minimum atomic E-state index is -2.19. The molecular weight excluding hydrogens is 623 g/mol. The maximum atomic E-state index is 14.7. The molecule has 1 aromatic carbocycles. The smallest absolute Gasteiger partial charge is 0.332 e. The van der Waals surface area contributed by atoms with Crippen LogP contribution in [0.15, 0.2) is 50.7 Å². The van der Waals surface area contributed by atoms with Gasteiger partial charge in [-0.3, -0.25) is 13.9 Å². The van der Waals surface area contributed by atoms with E-state index in [1.54, 1.807) is 17.9 Å². The second kappa shape index (κ2) is 13.2. The highest BCUT2D eigenvalue weighted by Gasteiger charge is 2.40. The average molecular weight is 670 g/mol. The van der Waals surface area contributed by atoms with Gasteiger partial charge in [-0.05, 0) is 63.4 Å². The lowest BCUT2D eigenvalue weighted by atomic mass is 10.1. The first-order chi connectivity index (χ1) is 21.7. The van der Waals surface area contributed by atoms with Crippen LogP contribution in [-0.2, 0) is 26.0 Å². The highest BCUT2D eigenvalue weighted by Crippen LogP contribution is 2.39. The molecule has 12 heteroatoms. The molecule has 0 amide bonds. The van der Waals surface area contributed by atoms with E-state index < -0.39 is 25.7 Å². The van der Waals surface area contributed by atoms with E-state index in [2.05, 4.69) is 38.8 Å². The van der Waals surface area contributed by atoms with Crippen LogP contribution in [0.1, 0.15) is 64.7 Å². The molecular formula is C34H47N3O7SSi. The standard InChI is InChI=1S/C34H47N3O7SSi/c1-22-27-30(38)37(34(5,6)21-43-46(8,9)33(2,3)4)32(39)36(31(27)45-28(22)29-35-16-19-42-29)20-26(44-23-14-17-41-18-15-23)24-12-10-11-13-25(24)40-7/h10-13,16,19,23,26H,14-15,17-18,20-21H2,1-9H3/t26-/m0/s1. The number of para-hydroxylation sites is 1. The number of aryl methyl sites for hydroxylation is 1. The molecule has 3 aromatic heterocycles. The third kappa shape index (κ3) is 6.68. The van der Waals surface area contributed by atoms with Gasteiger partial charge in [0.2, 0.25) is 5.89 Å². The quantitative estimate of drug-likeness (QED) is 0.159. The van der Waals surface area contributed by atoms with Crippen LogP contribution < -0.4 is 16.0 Å². The van der Waals surface area contributed by atoms with Crippen LogP contribution in [0.2, 0.25) is 18.1 Å². The molecule has 1 aliphatic heterocycles. The van der Waals surface area contributed by atoms with Crippen molar-refractivity contribution in [2.45, 2.75) is 96.8 Å². The Hall–Kier alpha value is -3.03. The molecule has 0 radical (unpaired) electrons. The van der Waals surface area contributed by atoms with E-state index in [0.717, 1.165) is 24.0 Å². The minimum absolute atomic E-state index is 0.0312. The van der Waals surface area contributed by atoms with Gasteiger partial charge in [-0.1, -0.05) is 39.0 Å². The third-order valence-electron chi connectivity index (χ3n) is 9.40. The molecule has 10 nitrogen and oxygen atoms in total. The molecule has 1 aliphatic rings. The number of aromatic nitrogens is 3. The minimum Gasteiger partial charge on any atom is -0.496 e. The molecule has 5 rings (SSSR count). The number of rotatable bonds is 11. The van der Waals surface area contributed by atoms with Crippen LogP contribution in [0.3, 0.4) is 0 Å². The summed E-state index contributed by atoms with van der Waals surface area (Å²) < 4.78 is 33.4. The van der Waals surface area contributed by atoms with E-state index in [-0.39, 0.29) is 29.9 Å². The number of oxazole rings is 1. The Labute approximate surface area is 275 Å². The summed E-state index contributed by atoms with van der Waals surface area (Å²) in [5.41, 5.74) is -0.174. The van der Waals surface area contributed by atoms with Gasteiger partial charge in [0, 0.05) is 18.8 Å². The zero-order chi connectivity index (χ0) is 33.4. The fourth-order valence-electron chi connectivity index (χ4n) is 5.58. The van der Waals surface area contributed by atoms with Gasteiger partial charge in [-0.2, -0.15) is 0 Å². The molecule has 250 valence electrons. The molecule has 0 unspecified atom stereocenters. The Morgan fingerprint density at radius 3 is 2.43 bits per heavy atom.